The van der Waals surface area contributed by atoms with Crippen molar-refractivity contribution in [2.45, 2.75) is 32.1 Å². The van der Waals surface area contributed by atoms with Crippen molar-refractivity contribution in [3.63, 3.8) is 0 Å². The first kappa shape index (κ1) is 10.1. The Hall–Kier alpha value is -1.38. The molecule has 2 aliphatic rings. The smallest absolute Gasteiger partial charge is 0.229 e. The third-order valence-corrected chi connectivity index (χ3v) is 3.14. The summed E-state index contributed by atoms with van der Waals surface area (Å²) < 4.78 is 0. The van der Waals surface area contributed by atoms with Crippen LogP contribution >= 0.6 is 0 Å². The van der Waals surface area contributed by atoms with Crippen LogP contribution < -0.4 is 0 Å². The summed E-state index contributed by atoms with van der Waals surface area (Å²) in [6.45, 7) is 0. The lowest BCUT2D eigenvalue weighted by molar-refractivity contribution is -0.131. The van der Waals surface area contributed by atoms with Crippen molar-refractivity contribution in [1.29, 1.82) is 0 Å². The Labute approximate surface area is 88.5 Å². The molecule has 1 fully saturated rings. The molecule has 0 bridgehead atoms. The van der Waals surface area contributed by atoms with Crippen molar-refractivity contribution in [3.8, 4) is 0 Å². The highest BCUT2D eigenvalue weighted by Crippen LogP contribution is 2.33. The highest BCUT2D eigenvalue weighted by atomic mass is 16.3. The van der Waals surface area contributed by atoms with Crippen molar-refractivity contribution in [1.82, 2.24) is 0 Å². The molecule has 0 aromatic rings. The minimum Gasteiger partial charge on any atom is -0.508 e. The van der Waals surface area contributed by atoms with Crippen LogP contribution in [0.3, 0.4) is 0 Å². The second kappa shape index (κ2) is 4.01. The molecule has 3 heteroatoms. The minimum absolute atomic E-state index is 0.00787. The fraction of sp³-hybridized carbons (Fsp3) is 0.500. The maximum Gasteiger partial charge on any atom is 0.229 e. The van der Waals surface area contributed by atoms with E-state index in [9.17, 15) is 14.7 Å². The molecule has 0 unspecified atom stereocenters. The average Bonchev–Trinajstić information content (AvgIpc) is 2.25. The first-order valence-electron chi connectivity index (χ1n) is 5.39. The molecule has 15 heavy (non-hydrogen) atoms. The number of carbonyl (C=O) groups excluding carboxylic acids is 2. The van der Waals surface area contributed by atoms with Gasteiger partial charge in [-0.25, -0.2) is 0 Å². The monoisotopic (exact) mass is 206 g/mol. The van der Waals surface area contributed by atoms with Crippen molar-refractivity contribution < 1.29 is 14.7 Å². The lowest BCUT2D eigenvalue weighted by atomic mass is 9.81. The lowest BCUT2D eigenvalue weighted by Gasteiger charge is -2.25. The van der Waals surface area contributed by atoms with E-state index >= 15 is 0 Å². The van der Waals surface area contributed by atoms with Crippen LogP contribution in [0, 0.1) is 5.92 Å². The van der Waals surface area contributed by atoms with E-state index in [0.29, 0.717) is 5.57 Å². The van der Waals surface area contributed by atoms with E-state index in [0.717, 1.165) is 31.8 Å². The van der Waals surface area contributed by atoms with Gasteiger partial charge in [0.1, 0.15) is 5.76 Å². The second-order valence-corrected chi connectivity index (χ2v) is 4.19. The van der Waals surface area contributed by atoms with Crippen molar-refractivity contribution in [2.75, 3.05) is 0 Å². The molecule has 1 N–H and O–H groups in total. The maximum atomic E-state index is 11.2. The number of carbonyl (C=O) groups is 2. The van der Waals surface area contributed by atoms with E-state index in [1.807, 2.05) is 0 Å². The summed E-state index contributed by atoms with van der Waals surface area (Å²) in [6.07, 6.45) is 7.87. The molecule has 1 saturated carbocycles. The zero-order valence-electron chi connectivity index (χ0n) is 8.53. The number of hydrogen-bond acceptors (Lipinski definition) is 3. The Morgan fingerprint density at radius 1 is 1.00 bits per heavy atom. The highest BCUT2D eigenvalue weighted by molar-refractivity contribution is 6.46. The van der Waals surface area contributed by atoms with Gasteiger partial charge in [-0.2, -0.15) is 0 Å². The molecule has 0 amide bonds. The maximum absolute atomic E-state index is 11.2. The topological polar surface area (TPSA) is 54.4 Å². The van der Waals surface area contributed by atoms with Crippen LogP contribution in [0.1, 0.15) is 32.1 Å². The van der Waals surface area contributed by atoms with Crippen LogP contribution in [0.5, 0.6) is 0 Å². The summed E-state index contributed by atoms with van der Waals surface area (Å²) in [5, 5.41) is 9.63. The first-order valence-corrected chi connectivity index (χ1v) is 5.39. The SMILES string of the molecule is O=C1C=C(O)C(C2CCCCC2)=CC1=O. The van der Waals surface area contributed by atoms with Crippen LogP contribution in [0.2, 0.25) is 0 Å². The Morgan fingerprint density at radius 3 is 2.27 bits per heavy atom. The van der Waals surface area contributed by atoms with Crippen LogP contribution in [-0.2, 0) is 9.59 Å². The predicted molar refractivity (Wildman–Crippen MR) is 55.4 cm³/mol. The fourth-order valence-corrected chi connectivity index (χ4v) is 2.31. The van der Waals surface area contributed by atoms with E-state index < -0.39 is 11.6 Å². The summed E-state index contributed by atoms with van der Waals surface area (Å²) in [7, 11) is 0. The van der Waals surface area contributed by atoms with Crippen LogP contribution in [0.15, 0.2) is 23.5 Å². The summed E-state index contributed by atoms with van der Waals surface area (Å²) >= 11 is 0. The van der Waals surface area contributed by atoms with Crippen LogP contribution in [0.4, 0.5) is 0 Å². The summed E-state index contributed by atoms with van der Waals surface area (Å²) in [5.74, 6) is -0.876. The largest absolute Gasteiger partial charge is 0.508 e. The Bertz CT molecular complexity index is 357. The van der Waals surface area contributed by atoms with Gasteiger partial charge in [0.25, 0.3) is 0 Å². The normalized spacial score (nSPS) is 23.7. The number of rotatable bonds is 1. The molecular formula is C12H14O3. The third-order valence-electron chi connectivity index (χ3n) is 3.14. The molecule has 0 heterocycles. The summed E-state index contributed by atoms with van der Waals surface area (Å²) in [4.78, 5) is 22.2. The van der Waals surface area contributed by atoms with Gasteiger partial charge in [0, 0.05) is 11.6 Å². The molecule has 2 rings (SSSR count). The van der Waals surface area contributed by atoms with E-state index in [1.165, 1.54) is 12.5 Å². The molecule has 0 aromatic carbocycles. The molecule has 0 aromatic heterocycles. The second-order valence-electron chi connectivity index (χ2n) is 4.19. The molecule has 0 spiro atoms. The molecule has 0 atom stereocenters. The molecule has 3 nitrogen and oxygen atoms in total. The number of hydrogen-bond donors (Lipinski definition) is 1. The third kappa shape index (κ3) is 2.01. The van der Waals surface area contributed by atoms with Crippen molar-refractivity contribution in [2.24, 2.45) is 5.92 Å². The van der Waals surface area contributed by atoms with Crippen molar-refractivity contribution >= 4 is 11.6 Å². The Morgan fingerprint density at radius 2 is 1.60 bits per heavy atom. The fourth-order valence-electron chi connectivity index (χ4n) is 2.31. The molecular weight excluding hydrogens is 192 g/mol. The molecule has 0 radical (unpaired) electrons. The van der Waals surface area contributed by atoms with Gasteiger partial charge < -0.3 is 5.11 Å². The predicted octanol–water partition coefficient (Wildman–Crippen LogP) is 2.09. The number of aliphatic hydroxyl groups excluding tert-OH is 1. The van der Waals surface area contributed by atoms with Gasteiger partial charge in [-0.15, -0.1) is 0 Å². The van der Waals surface area contributed by atoms with Gasteiger partial charge in [-0.3, -0.25) is 9.59 Å². The van der Waals surface area contributed by atoms with E-state index in [1.54, 1.807) is 0 Å². The number of aliphatic hydroxyl groups is 1. The highest BCUT2D eigenvalue weighted by Gasteiger charge is 2.26. The van der Waals surface area contributed by atoms with Crippen LogP contribution in [0.25, 0.3) is 0 Å². The van der Waals surface area contributed by atoms with Gasteiger partial charge >= 0.3 is 0 Å². The van der Waals surface area contributed by atoms with Crippen molar-refractivity contribution in [3.05, 3.63) is 23.5 Å². The molecule has 0 saturated heterocycles. The summed E-state index contributed by atoms with van der Waals surface area (Å²) in [6, 6.07) is 0. The van der Waals surface area contributed by atoms with Gasteiger partial charge in [-0.1, -0.05) is 19.3 Å². The molecule has 0 aliphatic heterocycles. The first-order chi connectivity index (χ1) is 7.18. The van der Waals surface area contributed by atoms with Gasteiger partial charge in [-0.05, 0) is 24.8 Å². The standard InChI is InChI=1S/C12H14O3/c13-10-7-12(15)11(14)6-9(10)8-4-2-1-3-5-8/h6-8,13H,1-5H2. The lowest BCUT2D eigenvalue weighted by Crippen LogP contribution is -2.20. The van der Waals surface area contributed by atoms with Gasteiger partial charge in [0.05, 0.1) is 0 Å². The van der Waals surface area contributed by atoms with Gasteiger partial charge in [0.2, 0.25) is 11.6 Å². The minimum atomic E-state index is -0.618. The number of ketones is 2. The molecule has 2 aliphatic carbocycles. The summed E-state index contributed by atoms with van der Waals surface area (Å²) in [5.41, 5.74) is 0.666. The Balaban J connectivity index is 2.21. The van der Waals surface area contributed by atoms with E-state index in [2.05, 4.69) is 0 Å². The van der Waals surface area contributed by atoms with E-state index in [4.69, 9.17) is 0 Å². The Kier molecular flexibility index (Phi) is 2.71. The molecule has 80 valence electrons. The van der Waals surface area contributed by atoms with Crippen LogP contribution in [-0.4, -0.2) is 16.7 Å². The van der Waals surface area contributed by atoms with E-state index in [-0.39, 0.29) is 11.7 Å². The van der Waals surface area contributed by atoms with Gasteiger partial charge in [0.15, 0.2) is 0 Å². The number of allylic oxidation sites excluding steroid dienone is 3. The zero-order valence-corrected chi connectivity index (χ0v) is 8.53. The average molecular weight is 206 g/mol. The quantitative estimate of drug-likeness (QED) is 0.528. The zero-order chi connectivity index (χ0) is 10.8.